The normalized spacial score (nSPS) is 17.9. The van der Waals surface area contributed by atoms with Crippen LogP contribution in [0.15, 0.2) is 146 Å². The molecule has 2 nitrogen and oxygen atoms in total. The fourth-order valence-electron chi connectivity index (χ4n) is 7.40. The van der Waals surface area contributed by atoms with Gasteiger partial charge in [0.25, 0.3) is 0 Å². The van der Waals surface area contributed by atoms with E-state index in [4.69, 9.17) is 0 Å². The molecule has 0 aliphatic heterocycles. The van der Waals surface area contributed by atoms with Gasteiger partial charge in [-0.1, -0.05) is 109 Å². The third-order valence-electron chi connectivity index (χ3n) is 8.77. The van der Waals surface area contributed by atoms with Crippen molar-refractivity contribution in [3.05, 3.63) is 191 Å². The zero-order valence-electron chi connectivity index (χ0n) is 21.4. The summed E-state index contributed by atoms with van der Waals surface area (Å²) < 4.78 is 0. The van der Waals surface area contributed by atoms with Crippen molar-refractivity contribution in [1.82, 2.24) is 9.97 Å². The summed E-state index contributed by atoms with van der Waals surface area (Å²) in [5.74, 6) is 0.138. The van der Waals surface area contributed by atoms with Crippen LogP contribution in [0.4, 0.5) is 0 Å². The largest absolute Gasteiger partial charge is 0.264 e. The SMILES string of the molecule is c1cncc(C2c3ccccc3C3(c4ccccc4-c4ccccc43)c3ccccc3C2c2cccnc2)c1. The Morgan fingerprint density at radius 3 is 1.26 bits per heavy atom. The summed E-state index contributed by atoms with van der Waals surface area (Å²) in [5, 5.41) is 0. The van der Waals surface area contributed by atoms with E-state index in [1.807, 2.05) is 24.8 Å². The number of fused-ring (bicyclic) bond motifs is 9. The molecule has 2 heteroatoms. The minimum absolute atomic E-state index is 0.0690. The van der Waals surface area contributed by atoms with Crippen LogP contribution in [0.25, 0.3) is 11.1 Å². The first-order valence-corrected chi connectivity index (χ1v) is 13.6. The zero-order valence-corrected chi connectivity index (χ0v) is 21.4. The summed E-state index contributed by atoms with van der Waals surface area (Å²) >= 11 is 0. The molecule has 6 aromatic rings. The Labute approximate surface area is 228 Å². The van der Waals surface area contributed by atoms with Gasteiger partial charge in [-0.05, 0) is 67.8 Å². The van der Waals surface area contributed by atoms with Gasteiger partial charge < -0.3 is 0 Å². The Morgan fingerprint density at radius 1 is 0.410 bits per heavy atom. The molecule has 0 N–H and O–H groups in total. The van der Waals surface area contributed by atoms with E-state index in [2.05, 4.69) is 131 Å². The predicted octanol–water partition coefficient (Wildman–Crippen LogP) is 8.12. The lowest BCUT2D eigenvalue weighted by Gasteiger charge is -2.35. The lowest BCUT2D eigenvalue weighted by Crippen LogP contribution is -2.30. The highest BCUT2D eigenvalue weighted by Gasteiger charge is 2.51. The average molecular weight is 499 g/mol. The molecule has 2 aromatic heterocycles. The summed E-state index contributed by atoms with van der Waals surface area (Å²) in [6.07, 6.45) is 7.82. The van der Waals surface area contributed by atoms with Crippen LogP contribution in [0, 0.1) is 0 Å². The molecule has 0 fully saturated rings. The van der Waals surface area contributed by atoms with Crippen LogP contribution in [0.1, 0.15) is 56.3 Å². The van der Waals surface area contributed by atoms with Crippen LogP contribution in [-0.2, 0) is 5.41 Å². The number of hydrogen-bond acceptors (Lipinski definition) is 2. The maximum atomic E-state index is 4.59. The molecule has 4 aromatic carbocycles. The summed E-state index contributed by atoms with van der Waals surface area (Å²) in [6.45, 7) is 0. The highest BCUT2D eigenvalue weighted by atomic mass is 14.6. The molecule has 184 valence electrons. The predicted molar refractivity (Wildman–Crippen MR) is 156 cm³/mol. The molecular weight excluding hydrogens is 472 g/mol. The van der Waals surface area contributed by atoms with E-state index in [-0.39, 0.29) is 11.8 Å². The monoisotopic (exact) mass is 498 g/mol. The topological polar surface area (TPSA) is 25.8 Å². The van der Waals surface area contributed by atoms with Crippen molar-refractivity contribution in [3.63, 3.8) is 0 Å². The van der Waals surface area contributed by atoms with Crippen molar-refractivity contribution in [1.29, 1.82) is 0 Å². The quantitative estimate of drug-likeness (QED) is 0.241. The summed E-state index contributed by atoms with van der Waals surface area (Å²) in [7, 11) is 0. The molecule has 39 heavy (non-hydrogen) atoms. The van der Waals surface area contributed by atoms with Gasteiger partial charge in [0.2, 0.25) is 0 Å². The van der Waals surface area contributed by atoms with Gasteiger partial charge in [0.1, 0.15) is 0 Å². The second-order valence-electron chi connectivity index (χ2n) is 10.5. The van der Waals surface area contributed by atoms with E-state index in [9.17, 15) is 0 Å². The number of rotatable bonds is 2. The number of pyridine rings is 2. The van der Waals surface area contributed by atoms with Crippen LogP contribution in [-0.4, -0.2) is 9.97 Å². The minimum atomic E-state index is -0.433. The number of benzene rings is 4. The summed E-state index contributed by atoms with van der Waals surface area (Å²) in [6, 6.07) is 44.8. The van der Waals surface area contributed by atoms with E-state index in [0.717, 1.165) is 0 Å². The Balaban J connectivity index is 1.59. The zero-order chi connectivity index (χ0) is 25.8. The number of nitrogens with zero attached hydrogens (tertiary/aromatic N) is 2. The van der Waals surface area contributed by atoms with Crippen molar-refractivity contribution < 1.29 is 0 Å². The van der Waals surface area contributed by atoms with E-state index < -0.39 is 5.41 Å². The Bertz CT molecular complexity index is 1690. The van der Waals surface area contributed by atoms with E-state index in [1.54, 1.807) is 0 Å². The molecule has 8 rings (SSSR count). The van der Waals surface area contributed by atoms with Gasteiger partial charge in [0, 0.05) is 36.6 Å². The van der Waals surface area contributed by atoms with Crippen molar-refractivity contribution in [2.75, 3.05) is 0 Å². The molecule has 2 heterocycles. The molecule has 2 aliphatic carbocycles. The highest BCUT2D eigenvalue weighted by molar-refractivity contribution is 5.87. The van der Waals surface area contributed by atoms with Crippen LogP contribution < -0.4 is 0 Å². The van der Waals surface area contributed by atoms with Gasteiger partial charge in [0.15, 0.2) is 0 Å². The maximum Gasteiger partial charge on any atom is 0.0719 e. The molecule has 0 radical (unpaired) electrons. The molecule has 0 amide bonds. The van der Waals surface area contributed by atoms with Crippen molar-refractivity contribution in [2.24, 2.45) is 0 Å². The van der Waals surface area contributed by atoms with Crippen molar-refractivity contribution >= 4 is 0 Å². The Kier molecular flexibility index (Phi) is 4.90. The second-order valence-corrected chi connectivity index (χ2v) is 10.5. The summed E-state index contributed by atoms with van der Waals surface area (Å²) in [4.78, 5) is 9.19. The van der Waals surface area contributed by atoms with Crippen molar-refractivity contribution in [3.8, 4) is 11.1 Å². The second kappa shape index (κ2) is 8.61. The average Bonchev–Trinajstić information content (AvgIpc) is 3.25. The van der Waals surface area contributed by atoms with Crippen LogP contribution in [0.2, 0.25) is 0 Å². The van der Waals surface area contributed by atoms with Gasteiger partial charge in [0.05, 0.1) is 5.41 Å². The fourth-order valence-corrected chi connectivity index (χ4v) is 7.40. The van der Waals surface area contributed by atoms with Crippen LogP contribution in [0.5, 0.6) is 0 Å². The van der Waals surface area contributed by atoms with Crippen LogP contribution in [0.3, 0.4) is 0 Å². The third-order valence-corrected chi connectivity index (χ3v) is 8.77. The first kappa shape index (κ1) is 22.2. The van der Waals surface area contributed by atoms with Crippen LogP contribution >= 0.6 is 0 Å². The summed E-state index contributed by atoms with van der Waals surface area (Å²) in [5.41, 5.74) is 12.7. The molecule has 0 saturated carbocycles. The van der Waals surface area contributed by atoms with Gasteiger partial charge in [-0.2, -0.15) is 0 Å². The number of hydrogen-bond donors (Lipinski definition) is 0. The van der Waals surface area contributed by atoms with E-state index in [1.165, 1.54) is 55.6 Å². The molecular formula is C37H26N2. The molecule has 2 aliphatic rings. The molecule has 0 saturated heterocycles. The Hall–Kier alpha value is -4.82. The van der Waals surface area contributed by atoms with Gasteiger partial charge in [-0.25, -0.2) is 0 Å². The Morgan fingerprint density at radius 2 is 0.821 bits per heavy atom. The maximum absolute atomic E-state index is 4.59. The fraction of sp³-hybridized carbons (Fsp3) is 0.0811. The van der Waals surface area contributed by atoms with E-state index in [0.29, 0.717) is 0 Å². The van der Waals surface area contributed by atoms with Gasteiger partial charge in [-0.15, -0.1) is 0 Å². The van der Waals surface area contributed by atoms with Gasteiger partial charge >= 0.3 is 0 Å². The first-order valence-electron chi connectivity index (χ1n) is 13.6. The minimum Gasteiger partial charge on any atom is -0.264 e. The number of aromatic nitrogens is 2. The smallest absolute Gasteiger partial charge is 0.0719 e. The first-order chi connectivity index (χ1) is 19.4. The third kappa shape index (κ3) is 3.03. The molecule has 2 atom stereocenters. The van der Waals surface area contributed by atoms with E-state index >= 15 is 0 Å². The molecule has 2 unspecified atom stereocenters. The lowest BCUT2D eigenvalue weighted by atomic mass is 9.66. The lowest BCUT2D eigenvalue weighted by molar-refractivity contribution is 0.690. The highest BCUT2D eigenvalue weighted by Crippen LogP contribution is 2.62. The standard InChI is InChI=1S/C37H26N2/c1-5-17-31-27(13-1)28-14-2-6-18-32(28)37(31)33-19-7-3-15-29(33)35(25-11-9-21-38-23-25)36(26-12-10-22-39-24-26)30-16-4-8-20-34(30)37/h1-24,35-36H. The van der Waals surface area contributed by atoms with Gasteiger partial charge in [-0.3, -0.25) is 9.97 Å². The molecule has 1 spiro atoms. The molecule has 0 bridgehead atoms. The van der Waals surface area contributed by atoms with Crippen molar-refractivity contribution in [2.45, 2.75) is 17.3 Å².